The zero-order valence-corrected chi connectivity index (χ0v) is 9.61. The van der Waals surface area contributed by atoms with E-state index in [1.807, 2.05) is 5.43 Å². The maximum atomic E-state index is 11.3. The first-order valence-corrected chi connectivity index (χ1v) is 4.99. The lowest BCUT2D eigenvalue weighted by Gasteiger charge is -2.19. The van der Waals surface area contributed by atoms with Gasteiger partial charge in [-0.3, -0.25) is 4.79 Å². The highest BCUT2D eigenvalue weighted by Crippen LogP contribution is 1.95. The summed E-state index contributed by atoms with van der Waals surface area (Å²) in [4.78, 5) is 33.7. The minimum atomic E-state index is -0.928. The van der Waals surface area contributed by atoms with E-state index in [0.717, 1.165) is 0 Å². The second kappa shape index (κ2) is 7.49. The largest absolute Gasteiger partial charge is 0.449 e. The molecule has 0 aromatic rings. The highest BCUT2D eigenvalue weighted by atomic mass is 16.6. The number of nitrogens with zero attached hydrogens (tertiary/aromatic N) is 1. The fourth-order valence-electron chi connectivity index (χ4n) is 0.811. The van der Waals surface area contributed by atoms with Crippen molar-refractivity contribution in [2.45, 2.75) is 27.2 Å². The fraction of sp³-hybridized carbons (Fsp3) is 0.667. The smallest absolute Gasteiger partial charge is 0.436 e. The molecule has 0 aliphatic heterocycles. The molecule has 16 heavy (non-hydrogen) atoms. The molecular weight excluding hydrogens is 216 g/mol. The molecule has 0 bridgehead atoms. The minimum absolute atomic E-state index is 0.0607. The number of hydrogen-bond acceptors (Lipinski definition) is 5. The summed E-state index contributed by atoms with van der Waals surface area (Å²) < 4.78 is 9.15. The van der Waals surface area contributed by atoms with E-state index in [1.54, 1.807) is 20.8 Å². The average Bonchev–Trinajstić information content (AvgIpc) is 2.25. The Morgan fingerprint density at radius 1 is 1.06 bits per heavy atom. The zero-order chi connectivity index (χ0) is 12.6. The third-order valence-electron chi connectivity index (χ3n) is 1.48. The lowest BCUT2D eigenvalue weighted by molar-refractivity contribution is -0.131. The molecule has 0 atom stereocenters. The number of carbonyl (C=O) groups excluding carboxylic acids is 3. The summed E-state index contributed by atoms with van der Waals surface area (Å²) in [5.41, 5.74) is 2.00. The summed E-state index contributed by atoms with van der Waals surface area (Å²) in [6.07, 6.45) is -1.75. The van der Waals surface area contributed by atoms with Crippen LogP contribution >= 0.6 is 0 Å². The number of ether oxygens (including phenoxy) is 2. The Balaban J connectivity index is 4.49. The van der Waals surface area contributed by atoms with Gasteiger partial charge in [0, 0.05) is 6.42 Å². The molecule has 0 unspecified atom stereocenters. The molecule has 0 rings (SSSR count). The Labute approximate surface area is 93.7 Å². The van der Waals surface area contributed by atoms with Gasteiger partial charge in [-0.15, -0.1) is 5.01 Å². The van der Waals surface area contributed by atoms with Crippen LogP contribution in [0.2, 0.25) is 0 Å². The van der Waals surface area contributed by atoms with Gasteiger partial charge in [-0.2, -0.15) is 0 Å². The van der Waals surface area contributed by atoms with Crippen molar-refractivity contribution >= 4 is 18.1 Å². The summed E-state index contributed by atoms with van der Waals surface area (Å²) in [5.74, 6) is -0.577. The molecule has 0 aliphatic carbocycles. The van der Waals surface area contributed by atoms with Gasteiger partial charge in [0.05, 0.1) is 13.2 Å². The monoisotopic (exact) mass is 232 g/mol. The van der Waals surface area contributed by atoms with E-state index in [2.05, 4.69) is 9.47 Å². The van der Waals surface area contributed by atoms with Gasteiger partial charge in [0.2, 0.25) is 0 Å². The number of imide groups is 1. The van der Waals surface area contributed by atoms with E-state index in [-0.39, 0.29) is 19.6 Å². The molecular formula is C9H16N2O5. The highest BCUT2D eigenvalue weighted by molar-refractivity contribution is 5.93. The molecule has 0 aliphatic rings. The lowest BCUT2D eigenvalue weighted by atomic mass is 10.4. The number of hydrazine groups is 1. The van der Waals surface area contributed by atoms with E-state index >= 15 is 0 Å². The van der Waals surface area contributed by atoms with Crippen molar-refractivity contribution in [3.05, 3.63) is 0 Å². The van der Waals surface area contributed by atoms with Crippen LogP contribution in [0.4, 0.5) is 9.59 Å². The predicted molar refractivity (Wildman–Crippen MR) is 54.3 cm³/mol. The fourth-order valence-corrected chi connectivity index (χ4v) is 0.811. The third-order valence-corrected chi connectivity index (χ3v) is 1.48. The van der Waals surface area contributed by atoms with Crippen LogP contribution in [0.15, 0.2) is 0 Å². The molecule has 0 fully saturated rings. The Hall–Kier alpha value is -1.79. The van der Waals surface area contributed by atoms with Gasteiger partial charge in [-0.05, 0) is 13.8 Å². The number of carbonyl (C=O) groups is 3. The molecule has 0 radical (unpaired) electrons. The van der Waals surface area contributed by atoms with Crippen LogP contribution in [0.3, 0.4) is 0 Å². The van der Waals surface area contributed by atoms with E-state index < -0.39 is 18.1 Å². The van der Waals surface area contributed by atoms with Crippen LogP contribution < -0.4 is 5.43 Å². The number of rotatable bonds is 3. The van der Waals surface area contributed by atoms with E-state index in [9.17, 15) is 14.4 Å². The summed E-state index contributed by atoms with van der Waals surface area (Å²) in [6.45, 7) is 5.01. The molecule has 0 saturated carbocycles. The summed E-state index contributed by atoms with van der Waals surface area (Å²) in [6, 6.07) is 0. The average molecular weight is 232 g/mol. The highest BCUT2D eigenvalue weighted by Gasteiger charge is 2.23. The predicted octanol–water partition coefficient (Wildman–Crippen LogP) is 1.04. The van der Waals surface area contributed by atoms with Gasteiger partial charge in [0.15, 0.2) is 0 Å². The van der Waals surface area contributed by atoms with Crippen molar-refractivity contribution in [3.8, 4) is 0 Å². The topological polar surface area (TPSA) is 84.9 Å². The summed E-state index contributed by atoms with van der Waals surface area (Å²) in [5, 5.41) is 0.501. The van der Waals surface area contributed by atoms with Gasteiger partial charge in [0.25, 0.3) is 5.91 Å². The van der Waals surface area contributed by atoms with Crippen molar-refractivity contribution in [2.24, 2.45) is 0 Å². The third kappa shape index (κ3) is 4.63. The van der Waals surface area contributed by atoms with Crippen LogP contribution in [0, 0.1) is 0 Å². The standard InChI is InChI=1S/C9H16N2O5/c1-4-7(12)11(9(14)16-6-3)10-8(13)15-5-2/h4-6H2,1-3H3,(H,10,13). The van der Waals surface area contributed by atoms with Gasteiger partial charge >= 0.3 is 12.2 Å². The molecule has 0 saturated heterocycles. The van der Waals surface area contributed by atoms with Crippen LogP contribution in [0.25, 0.3) is 0 Å². The van der Waals surface area contributed by atoms with Gasteiger partial charge in [0.1, 0.15) is 0 Å². The molecule has 92 valence electrons. The number of nitrogens with one attached hydrogen (secondary N) is 1. The second-order valence-corrected chi connectivity index (χ2v) is 2.61. The van der Waals surface area contributed by atoms with Crippen molar-refractivity contribution in [3.63, 3.8) is 0 Å². The maximum Gasteiger partial charge on any atom is 0.436 e. The van der Waals surface area contributed by atoms with E-state index in [4.69, 9.17) is 0 Å². The Kier molecular flexibility index (Phi) is 6.66. The number of amides is 3. The first-order chi connectivity index (χ1) is 7.56. The van der Waals surface area contributed by atoms with Crippen LogP contribution in [-0.4, -0.2) is 36.3 Å². The zero-order valence-electron chi connectivity index (χ0n) is 9.61. The van der Waals surface area contributed by atoms with Crippen LogP contribution in [0.1, 0.15) is 27.2 Å². The molecule has 0 heterocycles. The quantitative estimate of drug-likeness (QED) is 0.735. The molecule has 1 N–H and O–H groups in total. The van der Waals surface area contributed by atoms with Crippen LogP contribution in [0.5, 0.6) is 0 Å². The summed E-state index contributed by atoms with van der Waals surface area (Å²) in [7, 11) is 0. The second-order valence-electron chi connectivity index (χ2n) is 2.61. The van der Waals surface area contributed by atoms with Crippen molar-refractivity contribution < 1.29 is 23.9 Å². The first-order valence-electron chi connectivity index (χ1n) is 4.99. The molecule has 0 spiro atoms. The van der Waals surface area contributed by atoms with Gasteiger partial charge in [-0.25, -0.2) is 15.0 Å². The minimum Gasteiger partial charge on any atom is -0.449 e. The first kappa shape index (κ1) is 14.2. The Morgan fingerprint density at radius 2 is 1.62 bits per heavy atom. The van der Waals surface area contributed by atoms with Crippen LogP contribution in [-0.2, 0) is 14.3 Å². The molecule has 7 nitrogen and oxygen atoms in total. The van der Waals surface area contributed by atoms with Crippen molar-refractivity contribution in [1.82, 2.24) is 10.4 Å². The lowest BCUT2D eigenvalue weighted by Crippen LogP contribution is -2.50. The molecule has 3 amide bonds. The normalized spacial score (nSPS) is 9.19. The molecule has 0 aromatic heterocycles. The Morgan fingerprint density at radius 3 is 2.06 bits per heavy atom. The van der Waals surface area contributed by atoms with Gasteiger partial charge < -0.3 is 9.47 Å². The van der Waals surface area contributed by atoms with Crippen molar-refractivity contribution in [2.75, 3.05) is 13.2 Å². The van der Waals surface area contributed by atoms with E-state index in [0.29, 0.717) is 5.01 Å². The Bertz CT molecular complexity index is 267. The molecule has 7 heteroatoms. The molecule has 0 aromatic carbocycles. The summed E-state index contributed by atoms with van der Waals surface area (Å²) >= 11 is 0. The van der Waals surface area contributed by atoms with Gasteiger partial charge in [-0.1, -0.05) is 6.92 Å². The number of hydrogen-bond donors (Lipinski definition) is 1. The van der Waals surface area contributed by atoms with Crippen molar-refractivity contribution in [1.29, 1.82) is 0 Å². The SMILES string of the molecule is CCOC(=O)NN(C(=O)CC)C(=O)OCC. The maximum absolute atomic E-state index is 11.3. The van der Waals surface area contributed by atoms with E-state index in [1.165, 1.54) is 0 Å².